The molecule has 0 fully saturated rings. The highest BCUT2D eigenvalue weighted by molar-refractivity contribution is 7.89. The summed E-state index contributed by atoms with van der Waals surface area (Å²) < 4.78 is 34.3. The molecule has 0 saturated heterocycles. The van der Waals surface area contributed by atoms with Crippen LogP contribution in [0.25, 0.3) is 5.69 Å². The van der Waals surface area contributed by atoms with E-state index in [4.69, 9.17) is 4.74 Å². The maximum atomic E-state index is 12.6. The third kappa shape index (κ3) is 4.35. The van der Waals surface area contributed by atoms with Gasteiger partial charge >= 0.3 is 0 Å². The summed E-state index contributed by atoms with van der Waals surface area (Å²) in [6.07, 6.45) is 3.97. The van der Waals surface area contributed by atoms with Gasteiger partial charge in [-0.1, -0.05) is 12.1 Å². The van der Waals surface area contributed by atoms with E-state index >= 15 is 0 Å². The summed E-state index contributed by atoms with van der Waals surface area (Å²) in [6.45, 7) is 0.134. The van der Waals surface area contributed by atoms with Crippen molar-refractivity contribution in [3.8, 4) is 11.4 Å². The quantitative estimate of drug-likeness (QED) is 0.456. The fourth-order valence-corrected chi connectivity index (χ4v) is 3.85. The summed E-state index contributed by atoms with van der Waals surface area (Å²) >= 11 is 0. The molecule has 28 heavy (non-hydrogen) atoms. The van der Waals surface area contributed by atoms with Crippen LogP contribution in [0.4, 0.5) is 5.69 Å². The second-order valence-electron chi connectivity index (χ2n) is 5.86. The first-order chi connectivity index (χ1) is 13.4. The molecular weight excluding hydrogens is 384 g/mol. The fourth-order valence-electron chi connectivity index (χ4n) is 2.63. The van der Waals surface area contributed by atoms with Gasteiger partial charge in [-0.2, -0.15) is 5.10 Å². The molecule has 146 valence electrons. The molecule has 0 spiro atoms. The second kappa shape index (κ2) is 8.19. The van der Waals surface area contributed by atoms with Crippen molar-refractivity contribution in [2.24, 2.45) is 0 Å². The Bertz CT molecular complexity index is 1060. The van der Waals surface area contributed by atoms with E-state index in [-0.39, 0.29) is 22.9 Å². The van der Waals surface area contributed by atoms with Crippen molar-refractivity contribution < 1.29 is 18.1 Å². The normalized spacial score (nSPS) is 11.3. The van der Waals surface area contributed by atoms with Crippen LogP contribution in [0.5, 0.6) is 5.75 Å². The zero-order valence-electron chi connectivity index (χ0n) is 15.0. The molecular formula is C18H18N4O5S. The molecule has 1 N–H and O–H groups in total. The summed E-state index contributed by atoms with van der Waals surface area (Å²) in [5.41, 5.74) is 1.51. The average molecular weight is 402 g/mol. The molecule has 3 rings (SSSR count). The summed E-state index contributed by atoms with van der Waals surface area (Å²) in [5, 5.41) is 15.1. The van der Waals surface area contributed by atoms with Crippen LogP contribution in [-0.2, 0) is 16.4 Å². The molecule has 1 aromatic heterocycles. The molecule has 0 bridgehead atoms. The van der Waals surface area contributed by atoms with Crippen LogP contribution in [0, 0.1) is 10.1 Å². The van der Waals surface area contributed by atoms with Crippen LogP contribution >= 0.6 is 0 Å². The lowest BCUT2D eigenvalue weighted by Crippen LogP contribution is -2.26. The van der Waals surface area contributed by atoms with Gasteiger partial charge in [0.05, 0.1) is 17.7 Å². The van der Waals surface area contributed by atoms with E-state index in [1.165, 1.54) is 19.2 Å². The summed E-state index contributed by atoms with van der Waals surface area (Å²) in [4.78, 5) is 10.0. The van der Waals surface area contributed by atoms with E-state index in [0.717, 1.165) is 17.3 Å². The monoisotopic (exact) mass is 402 g/mol. The number of hydrogen-bond donors (Lipinski definition) is 1. The Morgan fingerprint density at radius 3 is 2.57 bits per heavy atom. The first-order valence-corrected chi connectivity index (χ1v) is 9.80. The summed E-state index contributed by atoms with van der Waals surface area (Å²) in [6, 6.07) is 12.8. The van der Waals surface area contributed by atoms with E-state index < -0.39 is 14.9 Å². The van der Waals surface area contributed by atoms with Crippen molar-refractivity contribution in [2.75, 3.05) is 13.7 Å². The second-order valence-corrected chi connectivity index (χ2v) is 7.59. The number of non-ortho nitro benzene ring substituents is 1. The Hall–Kier alpha value is -3.24. The molecule has 0 radical (unpaired) electrons. The van der Waals surface area contributed by atoms with Gasteiger partial charge in [0.1, 0.15) is 10.6 Å². The lowest BCUT2D eigenvalue weighted by atomic mass is 10.1. The first kappa shape index (κ1) is 19.5. The van der Waals surface area contributed by atoms with Crippen molar-refractivity contribution in [3.63, 3.8) is 0 Å². The minimum absolute atomic E-state index is 0.0432. The number of nitro groups is 1. The largest absolute Gasteiger partial charge is 0.495 e. The molecule has 0 aliphatic heterocycles. The van der Waals surface area contributed by atoms with E-state index in [0.29, 0.717) is 6.42 Å². The predicted molar refractivity (Wildman–Crippen MR) is 102 cm³/mol. The molecule has 0 atom stereocenters. The standard InChI is InChI=1S/C18H18N4O5S/c1-27-17-8-7-16(22(23)24)13-18(17)28(25,26)20-11-9-14-3-5-15(6-4-14)21-12-2-10-19-21/h2-8,10,12-13,20H,9,11H2,1H3. The molecule has 0 amide bonds. The average Bonchev–Trinajstić information content (AvgIpc) is 3.22. The van der Waals surface area contributed by atoms with E-state index in [9.17, 15) is 18.5 Å². The fraction of sp³-hybridized carbons (Fsp3) is 0.167. The van der Waals surface area contributed by atoms with Crippen molar-refractivity contribution in [2.45, 2.75) is 11.3 Å². The minimum atomic E-state index is -3.97. The minimum Gasteiger partial charge on any atom is -0.495 e. The Labute approximate surface area is 161 Å². The molecule has 1 heterocycles. The van der Waals surface area contributed by atoms with Gasteiger partial charge in [0, 0.05) is 31.1 Å². The Kier molecular flexibility index (Phi) is 5.71. The molecule has 2 aromatic carbocycles. The highest BCUT2D eigenvalue weighted by atomic mass is 32.2. The number of nitro benzene ring substituents is 1. The molecule has 0 aliphatic carbocycles. The molecule has 9 nitrogen and oxygen atoms in total. The SMILES string of the molecule is COc1ccc([N+](=O)[O-])cc1S(=O)(=O)NCCc1ccc(-n2cccn2)cc1. The molecule has 0 saturated carbocycles. The highest BCUT2D eigenvalue weighted by Crippen LogP contribution is 2.27. The smallest absolute Gasteiger partial charge is 0.271 e. The number of hydrogen-bond acceptors (Lipinski definition) is 6. The lowest BCUT2D eigenvalue weighted by molar-refractivity contribution is -0.385. The predicted octanol–water partition coefficient (Wildman–Crippen LogP) is 2.31. The van der Waals surface area contributed by atoms with Crippen molar-refractivity contribution in [3.05, 3.63) is 76.6 Å². The van der Waals surface area contributed by atoms with E-state index in [2.05, 4.69) is 9.82 Å². The number of benzene rings is 2. The highest BCUT2D eigenvalue weighted by Gasteiger charge is 2.22. The van der Waals surface area contributed by atoms with Crippen LogP contribution in [-0.4, -0.2) is 36.8 Å². The Morgan fingerprint density at radius 1 is 1.21 bits per heavy atom. The van der Waals surface area contributed by atoms with Crippen LogP contribution in [0.15, 0.2) is 65.8 Å². The third-order valence-electron chi connectivity index (χ3n) is 4.06. The van der Waals surface area contributed by atoms with Gasteiger partial charge in [-0.15, -0.1) is 0 Å². The number of aromatic nitrogens is 2. The van der Waals surface area contributed by atoms with Gasteiger partial charge in [0.25, 0.3) is 5.69 Å². The summed E-state index contributed by atoms with van der Waals surface area (Å²) in [5.74, 6) is 0.0432. The Morgan fingerprint density at radius 2 is 1.96 bits per heavy atom. The lowest BCUT2D eigenvalue weighted by Gasteiger charge is -2.11. The van der Waals surface area contributed by atoms with E-state index in [1.807, 2.05) is 36.5 Å². The van der Waals surface area contributed by atoms with Gasteiger partial charge in [0.2, 0.25) is 10.0 Å². The maximum absolute atomic E-state index is 12.6. The zero-order valence-corrected chi connectivity index (χ0v) is 15.8. The molecule has 0 aliphatic rings. The van der Waals surface area contributed by atoms with Crippen LogP contribution in [0.3, 0.4) is 0 Å². The number of methoxy groups -OCH3 is 1. The van der Waals surface area contributed by atoms with Crippen LogP contribution < -0.4 is 9.46 Å². The summed E-state index contributed by atoms with van der Waals surface area (Å²) in [7, 11) is -2.66. The number of rotatable bonds is 8. The number of ether oxygens (including phenoxy) is 1. The van der Waals surface area contributed by atoms with Crippen molar-refractivity contribution >= 4 is 15.7 Å². The van der Waals surface area contributed by atoms with Crippen molar-refractivity contribution in [1.82, 2.24) is 14.5 Å². The van der Waals surface area contributed by atoms with Gasteiger partial charge < -0.3 is 4.74 Å². The molecule has 0 unspecified atom stereocenters. The van der Waals surface area contributed by atoms with Gasteiger partial charge in [-0.3, -0.25) is 10.1 Å². The van der Waals surface area contributed by atoms with Crippen LogP contribution in [0.2, 0.25) is 0 Å². The number of sulfonamides is 1. The first-order valence-electron chi connectivity index (χ1n) is 8.32. The topological polar surface area (TPSA) is 116 Å². The molecule has 10 heteroatoms. The maximum Gasteiger partial charge on any atom is 0.271 e. The van der Waals surface area contributed by atoms with Gasteiger partial charge in [0.15, 0.2) is 0 Å². The van der Waals surface area contributed by atoms with Gasteiger partial charge in [-0.25, -0.2) is 17.8 Å². The third-order valence-corrected chi connectivity index (χ3v) is 5.54. The van der Waals surface area contributed by atoms with Gasteiger partial charge in [-0.05, 0) is 36.2 Å². The zero-order chi connectivity index (χ0) is 20.1. The molecule has 3 aromatic rings. The number of nitrogens with zero attached hydrogens (tertiary/aromatic N) is 3. The Balaban J connectivity index is 1.68. The van der Waals surface area contributed by atoms with Crippen LogP contribution in [0.1, 0.15) is 5.56 Å². The van der Waals surface area contributed by atoms with Crippen molar-refractivity contribution in [1.29, 1.82) is 0 Å². The van der Waals surface area contributed by atoms with E-state index in [1.54, 1.807) is 10.9 Å². The number of nitrogens with one attached hydrogen (secondary N) is 1.